The van der Waals surface area contributed by atoms with Crippen LogP contribution in [0.4, 0.5) is 0 Å². The monoisotopic (exact) mass is 275 g/mol. The van der Waals surface area contributed by atoms with E-state index < -0.39 is 0 Å². The van der Waals surface area contributed by atoms with Crippen LogP contribution in [0.25, 0.3) is 0 Å². The van der Waals surface area contributed by atoms with Crippen LogP contribution >= 0.6 is 15.9 Å². The third-order valence-corrected chi connectivity index (χ3v) is 3.27. The fraction of sp³-hybridized carbons (Fsp3) is 0.917. The summed E-state index contributed by atoms with van der Waals surface area (Å²) < 4.78 is 0. The van der Waals surface area contributed by atoms with Gasteiger partial charge in [0, 0.05) is 24.8 Å². The average Bonchev–Trinajstić information content (AvgIpc) is 2.05. The molecule has 1 fully saturated rings. The topological polar surface area (TPSA) is 20.3 Å². The standard InChI is InChI=1S/C12H22BrNO/c1-11(2)7-10(15)14(6-5-13)9-12(3,4)8-11/h5-9H2,1-4H3. The van der Waals surface area contributed by atoms with E-state index in [2.05, 4.69) is 43.6 Å². The van der Waals surface area contributed by atoms with E-state index in [1.54, 1.807) is 0 Å². The molecular formula is C12H22BrNO. The van der Waals surface area contributed by atoms with Crippen molar-refractivity contribution in [1.82, 2.24) is 4.90 Å². The van der Waals surface area contributed by atoms with Gasteiger partial charge in [-0.15, -0.1) is 0 Å². The third kappa shape index (κ3) is 3.78. The van der Waals surface area contributed by atoms with E-state index in [1.807, 2.05) is 4.90 Å². The summed E-state index contributed by atoms with van der Waals surface area (Å²) in [6, 6.07) is 0. The minimum absolute atomic E-state index is 0.141. The van der Waals surface area contributed by atoms with Crippen LogP contribution in [0.5, 0.6) is 0 Å². The highest BCUT2D eigenvalue weighted by Gasteiger charge is 2.37. The molecule has 1 heterocycles. The minimum Gasteiger partial charge on any atom is -0.341 e. The van der Waals surface area contributed by atoms with E-state index in [0.717, 1.165) is 24.8 Å². The van der Waals surface area contributed by atoms with Gasteiger partial charge in [-0.05, 0) is 17.3 Å². The van der Waals surface area contributed by atoms with Crippen LogP contribution in [-0.4, -0.2) is 29.2 Å². The Balaban J connectivity index is 2.83. The summed E-state index contributed by atoms with van der Waals surface area (Å²) >= 11 is 3.41. The number of carbonyl (C=O) groups is 1. The van der Waals surface area contributed by atoms with Gasteiger partial charge in [0.05, 0.1) is 0 Å². The van der Waals surface area contributed by atoms with Gasteiger partial charge in [-0.1, -0.05) is 43.6 Å². The maximum absolute atomic E-state index is 12.0. The second kappa shape index (κ2) is 4.44. The predicted octanol–water partition coefficient (Wildman–Crippen LogP) is 3.06. The van der Waals surface area contributed by atoms with Crippen molar-refractivity contribution >= 4 is 21.8 Å². The molecular weight excluding hydrogens is 254 g/mol. The lowest BCUT2D eigenvalue weighted by Gasteiger charge is -2.32. The zero-order chi connectivity index (χ0) is 11.7. The summed E-state index contributed by atoms with van der Waals surface area (Å²) in [4.78, 5) is 14.0. The molecule has 1 aliphatic rings. The van der Waals surface area contributed by atoms with E-state index in [9.17, 15) is 4.79 Å². The zero-order valence-electron chi connectivity index (χ0n) is 10.3. The first-order chi connectivity index (χ1) is 6.76. The van der Waals surface area contributed by atoms with Crippen molar-refractivity contribution in [2.75, 3.05) is 18.4 Å². The Hall–Kier alpha value is -0.0500. The first-order valence-corrected chi connectivity index (χ1v) is 6.72. The molecule has 0 atom stereocenters. The Morgan fingerprint density at radius 1 is 1.27 bits per heavy atom. The van der Waals surface area contributed by atoms with Gasteiger partial charge in [-0.2, -0.15) is 0 Å². The van der Waals surface area contributed by atoms with Gasteiger partial charge in [0.1, 0.15) is 0 Å². The zero-order valence-corrected chi connectivity index (χ0v) is 11.9. The molecule has 0 bridgehead atoms. The molecule has 0 aromatic heterocycles. The molecule has 0 spiro atoms. The molecule has 1 saturated heterocycles. The fourth-order valence-electron chi connectivity index (χ4n) is 2.85. The Labute approximate surface area is 102 Å². The number of carbonyl (C=O) groups excluding carboxylic acids is 1. The normalized spacial score (nSPS) is 25.1. The van der Waals surface area contributed by atoms with Crippen LogP contribution in [0.15, 0.2) is 0 Å². The highest BCUT2D eigenvalue weighted by Crippen LogP contribution is 2.39. The number of hydrogen-bond donors (Lipinski definition) is 0. The fourth-order valence-corrected chi connectivity index (χ4v) is 3.27. The maximum Gasteiger partial charge on any atom is 0.223 e. The number of halogens is 1. The number of amides is 1. The van der Waals surface area contributed by atoms with Crippen LogP contribution in [-0.2, 0) is 4.79 Å². The molecule has 0 N–H and O–H groups in total. The van der Waals surface area contributed by atoms with Gasteiger partial charge >= 0.3 is 0 Å². The summed E-state index contributed by atoms with van der Waals surface area (Å²) in [5.74, 6) is 0.310. The van der Waals surface area contributed by atoms with Crippen molar-refractivity contribution in [1.29, 1.82) is 0 Å². The summed E-state index contributed by atoms with van der Waals surface area (Å²) in [5, 5.41) is 0.870. The van der Waals surface area contributed by atoms with Gasteiger partial charge in [-0.3, -0.25) is 4.79 Å². The molecule has 1 aliphatic heterocycles. The Morgan fingerprint density at radius 2 is 1.87 bits per heavy atom. The molecule has 3 heteroatoms. The van der Waals surface area contributed by atoms with Gasteiger partial charge in [0.25, 0.3) is 0 Å². The molecule has 0 radical (unpaired) electrons. The number of nitrogens with zero attached hydrogens (tertiary/aromatic N) is 1. The van der Waals surface area contributed by atoms with Gasteiger partial charge in [0.2, 0.25) is 5.91 Å². The largest absolute Gasteiger partial charge is 0.341 e. The lowest BCUT2D eigenvalue weighted by atomic mass is 9.74. The lowest BCUT2D eigenvalue weighted by Crippen LogP contribution is -2.37. The average molecular weight is 276 g/mol. The maximum atomic E-state index is 12.0. The molecule has 1 amide bonds. The summed E-state index contributed by atoms with van der Waals surface area (Å²) in [7, 11) is 0. The second-order valence-electron chi connectivity index (χ2n) is 6.19. The van der Waals surface area contributed by atoms with Crippen molar-refractivity contribution in [2.45, 2.75) is 40.5 Å². The first kappa shape index (κ1) is 13.0. The third-order valence-electron chi connectivity index (χ3n) is 2.91. The van der Waals surface area contributed by atoms with E-state index in [4.69, 9.17) is 0 Å². The summed E-state index contributed by atoms with van der Waals surface area (Å²) in [5.41, 5.74) is 0.374. The van der Waals surface area contributed by atoms with Crippen LogP contribution in [0, 0.1) is 10.8 Å². The van der Waals surface area contributed by atoms with Gasteiger partial charge < -0.3 is 4.90 Å². The van der Waals surface area contributed by atoms with Gasteiger partial charge in [-0.25, -0.2) is 0 Å². The van der Waals surface area contributed by atoms with Crippen molar-refractivity contribution in [2.24, 2.45) is 10.8 Å². The molecule has 0 aromatic rings. The summed E-state index contributed by atoms with van der Waals surface area (Å²) in [6.07, 6.45) is 1.80. The smallest absolute Gasteiger partial charge is 0.223 e. The highest BCUT2D eigenvalue weighted by atomic mass is 79.9. The quantitative estimate of drug-likeness (QED) is 0.710. The van der Waals surface area contributed by atoms with E-state index in [-0.39, 0.29) is 10.8 Å². The first-order valence-electron chi connectivity index (χ1n) is 5.60. The number of rotatable bonds is 2. The highest BCUT2D eigenvalue weighted by molar-refractivity contribution is 9.09. The van der Waals surface area contributed by atoms with Gasteiger partial charge in [0.15, 0.2) is 0 Å². The Kier molecular flexibility index (Phi) is 3.85. The molecule has 88 valence electrons. The molecule has 15 heavy (non-hydrogen) atoms. The van der Waals surface area contributed by atoms with E-state index in [1.165, 1.54) is 0 Å². The van der Waals surface area contributed by atoms with E-state index >= 15 is 0 Å². The van der Waals surface area contributed by atoms with Crippen LogP contribution in [0.1, 0.15) is 40.5 Å². The summed E-state index contributed by atoms with van der Waals surface area (Å²) in [6.45, 7) is 10.6. The molecule has 0 aromatic carbocycles. The van der Waals surface area contributed by atoms with Crippen molar-refractivity contribution in [3.05, 3.63) is 0 Å². The number of alkyl halides is 1. The Bertz CT molecular complexity index is 248. The van der Waals surface area contributed by atoms with Crippen molar-refractivity contribution in [3.63, 3.8) is 0 Å². The second-order valence-corrected chi connectivity index (χ2v) is 6.98. The number of hydrogen-bond acceptors (Lipinski definition) is 1. The van der Waals surface area contributed by atoms with Crippen molar-refractivity contribution < 1.29 is 4.79 Å². The Morgan fingerprint density at radius 3 is 2.40 bits per heavy atom. The molecule has 1 rings (SSSR count). The van der Waals surface area contributed by atoms with Crippen molar-refractivity contribution in [3.8, 4) is 0 Å². The molecule has 0 unspecified atom stereocenters. The molecule has 0 saturated carbocycles. The van der Waals surface area contributed by atoms with E-state index in [0.29, 0.717) is 12.3 Å². The predicted molar refractivity (Wildman–Crippen MR) is 67.2 cm³/mol. The molecule has 0 aliphatic carbocycles. The lowest BCUT2D eigenvalue weighted by molar-refractivity contribution is -0.132. The van der Waals surface area contributed by atoms with Crippen LogP contribution in [0.2, 0.25) is 0 Å². The van der Waals surface area contributed by atoms with Crippen LogP contribution in [0.3, 0.4) is 0 Å². The number of likely N-dealkylation sites (tertiary alicyclic amines) is 1. The van der Waals surface area contributed by atoms with Crippen LogP contribution < -0.4 is 0 Å². The molecule has 2 nitrogen and oxygen atoms in total. The SMILES string of the molecule is CC1(C)CC(=O)N(CCBr)CC(C)(C)C1. The minimum atomic E-state index is 0.141.